The van der Waals surface area contributed by atoms with Gasteiger partial charge in [-0.1, -0.05) is 15.9 Å². The van der Waals surface area contributed by atoms with Gasteiger partial charge in [0.05, 0.1) is 24.1 Å². The molecule has 1 saturated heterocycles. The highest BCUT2D eigenvalue weighted by atomic mass is 79.9. The molecular formula is C7H11BrCl2O2. The number of rotatable bonds is 5. The van der Waals surface area contributed by atoms with Crippen molar-refractivity contribution in [2.45, 2.75) is 17.0 Å². The molecule has 0 amide bonds. The van der Waals surface area contributed by atoms with Crippen LogP contribution in [0.15, 0.2) is 0 Å². The molecule has 72 valence electrons. The zero-order chi connectivity index (χ0) is 8.97. The zero-order valence-corrected chi connectivity index (χ0v) is 9.61. The van der Waals surface area contributed by atoms with E-state index in [1.165, 1.54) is 0 Å². The van der Waals surface area contributed by atoms with E-state index in [4.69, 9.17) is 32.7 Å². The fraction of sp³-hybridized carbons (Fsp3) is 1.00. The minimum atomic E-state index is -0.0157. The molecule has 0 aromatic rings. The lowest BCUT2D eigenvalue weighted by molar-refractivity contribution is -0.148. The molecule has 5 heteroatoms. The fourth-order valence-corrected chi connectivity index (χ4v) is 1.87. The van der Waals surface area contributed by atoms with E-state index in [0.717, 1.165) is 0 Å². The van der Waals surface area contributed by atoms with Crippen LogP contribution in [0, 0.1) is 0 Å². The van der Waals surface area contributed by atoms with Crippen molar-refractivity contribution in [2.24, 2.45) is 0 Å². The summed E-state index contributed by atoms with van der Waals surface area (Å²) in [4.78, 5) is 0.122. The van der Waals surface area contributed by atoms with Crippen LogP contribution in [-0.2, 0) is 9.47 Å². The van der Waals surface area contributed by atoms with Crippen LogP contribution in [-0.4, -0.2) is 42.0 Å². The van der Waals surface area contributed by atoms with Crippen LogP contribution in [0.2, 0.25) is 0 Å². The Hall–Kier alpha value is 0.980. The molecule has 1 fully saturated rings. The van der Waals surface area contributed by atoms with Crippen LogP contribution >= 0.6 is 39.1 Å². The predicted molar refractivity (Wildman–Crippen MR) is 53.6 cm³/mol. The van der Waals surface area contributed by atoms with E-state index in [2.05, 4.69) is 15.9 Å². The van der Waals surface area contributed by atoms with E-state index in [9.17, 15) is 0 Å². The Bertz CT molecular complexity index is 133. The van der Waals surface area contributed by atoms with E-state index in [1.807, 2.05) is 0 Å². The average molecular weight is 278 g/mol. The van der Waals surface area contributed by atoms with E-state index in [1.54, 1.807) is 0 Å². The third kappa shape index (κ3) is 3.04. The first-order chi connectivity index (χ1) is 5.77. The summed E-state index contributed by atoms with van der Waals surface area (Å²) in [7, 11) is 0. The van der Waals surface area contributed by atoms with Crippen LogP contribution < -0.4 is 0 Å². The Kier molecular flexibility index (Phi) is 5.21. The molecule has 0 aromatic heterocycles. The normalized spacial score (nSPS) is 23.2. The van der Waals surface area contributed by atoms with Crippen molar-refractivity contribution in [3.63, 3.8) is 0 Å². The lowest BCUT2D eigenvalue weighted by atomic mass is 10.2. The summed E-state index contributed by atoms with van der Waals surface area (Å²) >= 11 is 14.8. The molecule has 0 aliphatic carbocycles. The Morgan fingerprint density at radius 3 is 2.42 bits per heavy atom. The van der Waals surface area contributed by atoms with Gasteiger partial charge in [0.2, 0.25) is 0 Å². The number of ether oxygens (including phenoxy) is 2. The number of hydrogen-bond donors (Lipinski definition) is 0. The lowest BCUT2D eigenvalue weighted by Gasteiger charge is -2.31. The van der Waals surface area contributed by atoms with Crippen molar-refractivity contribution in [2.75, 3.05) is 25.0 Å². The topological polar surface area (TPSA) is 18.5 Å². The molecule has 2 atom stereocenters. The van der Waals surface area contributed by atoms with Gasteiger partial charge in [-0.2, -0.15) is 0 Å². The summed E-state index contributed by atoms with van der Waals surface area (Å²) in [5, 5.41) is 0. The summed E-state index contributed by atoms with van der Waals surface area (Å²) in [5.41, 5.74) is 0. The first-order valence-corrected chi connectivity index (χ1v) is 5.75. The SMILES string of the molecule is ClCC(Br)C(CCl)OC1COC1. The molecule has 0 saturated carbocycles. The summed E-state index contributed by atoms with van der Waals surface area (Å²) in [6, 6.07) is 0. The van der Waals surface area contributed by atoms with Gasteiger partial charge in [-0.3, -0.25) is 0 Å². The van der Waals surface area contributed by atoms with Gasteiger partial charge < -0.3 is 9.47 Å². The standard InChI is InChI=1S/C7H11BrCl2O2/c8-6(1-9)7(2-10)12-5-3-11-4-5/h5-7H,1-4H2. The van der Waals surface area contributed by atoms with Crippen LogP contribution in [0.3, 0.4) is 0 Å². The van der Waals surface area contributed by atoms with Crippen LogP contribution in [0.4, 0.5) is 0 Å². The molecule has 2 unspecified atom stereocenters. The molecule has 0 N–H and O–H groups in total. The summed E-state index contributed by atoms with van der Waals surface area (Å²) in [6.07, 6.45) is 0.190. The van der Waals surface area contributed by atoms with Gasteiger partial charge in [0.25, 0.3) is 0 Å². The average Bonchev–Trinajstić information content (AvgIpc) is 2.02. The summed E-state index contributed by atoms with van der Waals surface area (Å²) < 4.78 is 10.6. The second-order valence-corrected chi connectivity index (χ2v) is 4.45. The van der Waals surface area contributed by atoms with Crippen molar-refractivity contribution in [1.82, 2.24) is 0 Å². The monoisotopic (exact) mass is 276 g/mol. The Morgan fingerprint density at radius 2 is 2.08 bits per heavy atom. The molecule has 12 heavy (non-hydrogen) atoms. The van der Waals surface area contributed by atoms with E-state index < -0.39 is 0 Å². The van der Waals surface area contributed by atoms with E-state index in [0.29, 0.717) is 25.0 Å². The number of halogens is 3. The molecule has 0 radical (unpaired) electrons. The van der Waals surface area contributed by atoms with Crippen molar-refractivity contribution in [3.8, 4) is 0 Å². The molecule has 0 bridgehead atoms. The second-order valence-electron chi connectivity index (χ2n) is 2.66. The Morgan fingerprint density at radius 1 is 1.42 bits per heavy atom. The largest absolute Gasteiger partial charge is 0.376 e. The van der Waals surface area contributed by atoms with Crippen molar-refractivity contribution in [3.05, 3.63) is 0 Å². The maximum absolute atomic E-state index is 5.71. The predicted octanol–water partition coefficient (Wildman–Crippen LogP) is 2.01. The third-order valence-electron chi connectivity index (χ3n) is 1.68. The summed E-state index contributed by atoms with van der Waals surface area (Å²) in [5.74, 6) is 0.962. The highest BCUT2D eigenvalue weighted by molar-refractivity contribution is 9.09. The Labute approximate surface area is 90.6 Å². The van der Waals surface area contributed by atoms with Gasteiger partial charge in [-0.25, -0.2) is 0 Å². The highest BCUT2D eigenvalue weighted by Crippen LogP contribution is 2.17. The third-order valence-corrected chi connectivity index (χ3v) is 3.60. The van der Waals surface area contributed by atoms with E-state index >= 15 is 0 Å². The second kappa shape index (κ2) is 5.66. The molecule has 1 heterocycles. The summed E-state index contributed by atoms with van der Waals surface area (Å²) in [6.45, 7) is 1.35. The molecule has 1 aliphatic heterocycles. The molecule has 2 nitrogen and oxygen atoms in total. The first-order valence-electron chi connectivity index (χ1n) is 3.77. The van der Waals surface area contributed by atoms with Gasteiger partial charge in [-0.05, 0) is 0 Å². The van der Waals surface area contributed by atoms with Crippen molar-refractivity contribution in [1.29, 1.82) is 0 Å². The van der Waals surface area contributed by atoms with Gasteiger partial charge in [0.1, 0.15) is 6.10 Å². The van der Waals surface area contributed by atoms with Gasteiger partial charge >= 0.3 is 0 Å². The van der Waals surface area contributed by atoms with Crippen molar-refractivity contribution >= 4 is 39.1 Å². The fourth-order valence-electron chi connectivity index (χ4n) is 0.857. The lowest BCUT2D eigenvalue weighted by Crippen LogP contribution is -2.42. The molecule has 0 spiro atoms. The minimum absolute atomic E-state index is 0.0157. The van der Waals surface area contributed by atoms with Crippen LogP contribution in [0.25, 0.3) is 0 Å². The van der Waals surface area contributed by atoms with Gasteiger partial charge in [-0.15, -0.1) is 23.2 Å². The smallest absolute Gasteiger partial charge is 0.105 e. The zero-order valence-electron chi connectivity index (χ0n) is 6.51. The molecular weight excluding hydrogens is 267 g/mol. The van der Waals surface area contributed by atoms with E-state index in [-0.39, 0.29) is 17.0 Å². The van der Waals surface area contributed by atoms with Crippen LogP contribution in [0.5, 0.6) is 0 Å². The van der Waals surface area contributed by atoms with Crippen molar-refractivity contribution < 1.29 is 9.47 Å². The molecule has 0 aromatic carbocycles. The van der Waals surface area contributed by atoms with Gasteiger partial charge in [0.15, 0.2) is 0 Å². The number of hydrogen-bond acceptors (Lipinski definition) is 2. The maximum Gasteiger partial charge on any atom is 0.105 e. The minimum Gasteiger partial charge on any atom is -0.376 e. The Balaban J connectivity index is 2.23. The maximum atomic E-state index is 5.71. The quantitative estimate of drug-likeness (QED) is 0.716. The molecule has 1 aliphatic rings. The van der Waals surface area contributed by atoms with Gasteiger partial charge in [0, 0.05) is 11.8 Å². The van der Waals surface area contributed by atoms with Crippen LogP contribution in [0.1, 0.15) is 0 Å². The first kappa shape index (κ1) is 11.1. The molecule has 1 rings (SSSR count). The number of alkyl halides is 3. The highest BCUT2D eigenvalue weighted by Gasteiger charge is 2.26.